The van der Waals surface area contributed by atoms with Gasteiger partial charge in [-0.3, -0.25) is 14.4 Å². The van der Waals surface area contributed by atoms with E-state index in [-0.39, 0.29) is 18.4 Å². The Morgan fingerprint density at radius 3 is 2.44 bits per heavy atom. The number of amides is 1. The second kappa shape index (κ2) is 9.97. The second-order valence-corrected chi connectivity index (χ2v) is 6.69. The SMILES string of the molecule is O=C(O)CCCCCCC1CCCCN1C(=O)C(=O)c1ccccc1. The van der Waals surface area contributed by atoms with Gasteiger partial charge in [0, 0.05) is 24.6 Å². The van der Waals surface area contributed by atoms with Crippen molar-refractivity contribution >= 4 is 17.7 Å². The summed E-state index contributed by atoms with van der Waals surface area (Å²) in [6, 6.07) is 8.86. The van der Waals surface area contributed by atoms with Crippen LogP contribution in [0.1, 0.15) is 68.1 Å². The molecule has 0 radical (unpaired) electrons. The van der Waals surface area contributed by atoms with E-state index in [9.17, 15) is 14.4 Å². The van der Waals surface area contributed by atoms with Crippen LogP contribution in [0.25, 0.3) is 0 Å². The highest BCUT2D eigenvalue weighted by Gasteiger charge is 2.30. The van der Waals surface area contributed by atoms with E-state index in [4.69, 9.17) is 5.11 Å². The molecule has 1 atom stereocenters. The molecule has 0 aromatic heterocycles. The van der Waals surface area contributed by atoms with E-state index in [1.807, 2.05) is 6.07 Å². The summed E-state index contributed by atoms with van der Waals surface area (Å²) in [5.74, 6) is -1.56. The zero-order valence-electron chi connectivity index (χ0n) is 14.7. The third-order valence-electron chi connectivity index (χ3n) is 4.80. The van der Waals surface area contributed by atoms with Gasteiger partial charge in [0.15, 0.2) is 0 Å². The van der Waals surface area contributed by atoms with Crippen LogP contribution in [-0.4, -0.2) is 40.3 Å². The van der Waals surface area contributed by atoms with Crippen LogP contribution in [0, 0.1) is 0 Å². The van der Waals surface area contributed by atoms with E-state index < -0.39 is 11.8 Å². The summed E-state index contributed by atoms with van der Waals surface area (Å²) in [6.45, 7) is 0.654. The Bertz CT molecular complexity index is 585. The van der Waals surface area contributed by atoms with Gasteiger partial charge in [0.2, 0.25) is 5.78 Å². The van der Waals surface area contributed by atoms with Crippen LogP contribution in [0.15, 0.2) is 30.3 Å². The Hall–Kier alpha value is -2.17. The lowest BCUT2D eigenvalue weighted by atomic mass is 9.95. The molecule has 1 N–H and O–H groups in total. The maximum atomic E-state index is 12.6. The van der Waals surface area contributed by atoms with Crippen molar-refractivity contribution in [3.63, 3.8) is 0 Å². The third-order valence-corrected chi connectivity index (χ3v) is 4.80. The second-order valence-electron chi connectivity index (χ2n) is 6.69. The van der Waals surface area contributed by atoms with E-state index in [0.717, 1.165) is 44.9 Å². The quantitative estimate of drug-likeness (QED) is 0.421. The molecule has 1 aliphatic heterocycles. The lowest BCUT2D eigenvalue weighted by Gasteiger charge is -2.35. The minimum absolute atomic E-state index is 0.133. The molecular weight excluding hydrogens is 318 g/mol. The van der Waals surface area contributed by atoms with Crippen LogP contribution in [0.5, 0.6) is 0 Å². The molecule has 0 saturated carbocycles. The van der Waals surface area contributed by atoms with Gasteiger partial charge in [0.05, 0.1) is 0 Å². The lowest BCUT2D eigenvalue weighted by Crippen LogP contribution is -2.46. The van der Waals surface area contributed by atoms with Gasteiger partial charge in [-0.2, -0.15) is 0 Å². The summed E-state index contributed by atoms with van der Waals surface area (Å²) in [5, 5.41) is 8.64. The molecule has 1 amide bonds. The molecule has 5 nitrogen and oxygen atoms in total. The number of carbonyl (C=O) groups is 3. The Morgan fingerprint density at radius 1 is 1.00 bits per heavy atom. The average Bonchev–Trinajstić information content (AvgIpc) is 2.64. The topological polar surface area (TPSA) is 74.7 Å². The summed E-state index contributed by atoms with van der Waals surface area (Å²) in [7, 11) is 0. The van der Waals surface area contributed by atoms with Crippen molar-refractivity contribution in [3.8, 4) is 0 Å². The minimum atomic E-state index is -0.747. The van der Waals surface area contributed by atoms with E-state index in [1.54, 1.807) is 29.2 Å². The number of ketones is 1. The fraction of sp³-hybridized carbons (Fsp3) is 0.550. The number of rotatable bonds is 9. The summed E-state index contributed by atoms with van der Waals surface area (Å²) in [5.41, 5.74) is 0.450. The molecule has 25 heavy (non-hydrogen) atoms. The van der Waals surface area contributed by atoms with Crippen molar-refractivity contribution in [2.24, 2.45) is 0 Å². The molecule has 136 valence electrons. The van der Waals surface area contributed by atoms with Gasteiger partial charge in [0.1, 0.15) is 0 Å². The van der Waals surface area contributed by atoms with Gasteiger partial charge in [0.25, 0.3) is 5.91 Å². The van der Waals surface area contributed by atoms with Gasteiger partial charge in [-0.1, -0.05) is 49.6 Å². The number of hydrogen-bond donors (Lipinski definition) is 1. The van der Waals surface area contributed by atoms with Crippen molar-refractivity contribution in [2.45, 2.75) is 63.8 Å². The molecular formula is C20H27NO4. The van der Waals surface area contributed by atoms with Crippen LogP contribution >= 0.6 is 0 Å². The average molecular weight is 345 g/mol. The predicted molar refractivity (Wildman–Crippen MR) is 95.5 cm³/mol. The number of carboxylic acids is 1. The first kappa shape index (κ1) is 19.2. The molecule has 1 aromatic carbocycles. The first-order valence-corrected chi connectivity index (χ1v) is 9.21. The monoisotopic (exact) mass is 345 g/mol. The van der Waals surface area contributed by atoms with Gasteiger partial charge in [-0.15, -0.1) is 0 Å². The smallest absolute Gasteiger partial charge is 0.303 e. The molecule has 1 unspecified atom stereocenters. The number of benzene rings is 1. The Labute approximate surface area is 149 Å². The highest BCUT2D eigenvalue weighted by molar-refractivity contribution is 6.42. The van der Waals surface area contributed by atoms with Crippen LogP contribution in [0.3, 0.4) is 0 Å². The Balaban J connectivity index is 1.84. The van der Waals surface area contributed by atoms with Gasteiger partial charge < -0.3 is 10.0 Å². The normalized spacial score (nSPS) is 17.3. The van der Waals surface area contributed by atoms with E-state index >= 15 is 0 Å². The third kappa shape index (κ3) is 6.00. The number of carbonyl (C=O) groups excluding carboxylic acids is 2. The number of Topliss-reactive ketones (excluding diaryl/α,β-unsaturated/α-hetero) is 1. The molecule has 1 saturated heterocycles. The number of hydrogen-bond acceptors (Lipinski definition) is 3. The van der Waals surface area contributed by atoms with Crippen molar-refractivity contribution in [1.29, 1.82) is 0 Å². The highest BCUT2D eigenvalue weighted by Crippen LogP contribution is 2.23. The van der Waals surface area contributed by atoms with Gasteiger partial charge in [-0.25, -0.2) is 0 Å². The molecule has 0 aliphatic carbocycles. The molecule has 1 heterocycles. The Morgan fingerprint density at radius 2 is 1.72 bits per heavy atom. The summed E-state index contributed by atoms with van der Waals surface area (Å²) >= 11 is 0. The molecule has 0 spiro atoms. The molecule has 1 fully saturated rings. The zero-order valence-corrected chi connectivity index (χ0v) is 14.7. The van der Waals surface area contributed by atoms with Crippen molar-refractivity contribution in [3.05, 3.63) is 35.9 Å². The minimum Gasteiger partial charge on any atom is -0.481 e. The van der Waals surface area contributed by atoms with Crippen LogP contribution in [0.2, 0.25) is 0 Å². The zero-order chi connectivity index (χ0) is 18.1. The number of piperidine rings is 1. The summed E-state index contributed by atoms with van der Waals surface area (Å²) < 4.78 is 0. The predicted octanol–water partition coefficient (Wildman–Crippen LogP) is 3.68. The van der Waals surface area contributed by atoms with Crippen LogP contribution in [-0.2, 0) is 9.59 Å². The fourth-order valence-electron chi connectivity index (χ4n) is 3.42. The molecule has 2 rings (SSSR count). The number of likely N-dealkylation sites (tertiary alicyclic amines) is 1. The van der Waals surface area contributed by atoms with Crippen molar-refractivity contribution in [1.82, 2.24) is 4.90 Å². The van der Waals surface area contributed by atoms with E-state index in [1.165, 1.54) is 0 Å². The van der Waals surface area contributed by atoms with Crippen molar-refractivity contribution < 1.29 is 19.5 Å². The summed E-state index contributed by atoms with van der Waals surface area (Å²) in [6.07, 6.45) is 7.64. The highest BCUT2D eigenvalue weighted by atomic mass is 16.4. The lowest BCUT2D eigenvalue weighted by molar-refractivity contribution is -0.137. The first-order valence-electron chi connectivity index (χ1n) is 9.21. The molecule has 1 aliphatic rings. The Kier molecular flexibility index (Phi) is 7.64. The maximum Gasteiger partial charge on any atom is 0.303 e. The number of aliphatic carboxylic acids is 1. The number of carboxylic acid groups (broad SMARTS) is 1. The van der Waals surface area contributed by atoms with Crippen molar-refractivity contribution in [2.75, 3.05) is 6.54 Å². The van der Waals surface area contributed by atoms with E-state index in [2.05, 4.69) is 0 Å². The van der Waals surface area contributed by atoms with Crippen LogP contribution in [0.4, 0.5) is 0 Å². The summed E-state index contributed by atoms with van der Waals surface area (Å²) in [4.78, 5) is 37.3. The maximum absolute atomic E-state index is 12.6. The van der Waals surface area contributed by atoms with Gasteiger partial charge in [-0.05, 0) is 32.1 Å². The molecule has 1 aromatic rings. The van der Waals surface area contributed by atoms with E-state index in [0.29, 0.717) is 18.5 Å². The number of unbranched alkanes of at least 4 members (excludes halogenated alkanes) is 3. The fourth-order valence-corrected chi connectivity index (χ4v) is 3.42. The number of nitrogens with zero attached hydrogens (tertiary/aromatic N) is 1. The van der Waals surface area contributed by atoms with Gasteiger partial charge >= 0.3 is 5.97 Å². The van der Waals surface area contributed by atoms with Crippen LogP contribution < -0.4 is 0 Å². The standard InChI is InChI=1S/C20H27NO4/c22-18(23)14-7-2-1-6-12-17-13-8-9-15-21(17)20(25)19(24)16-10-4-3-5-11-16/h3-5,10-11,17H,1-2,6-9,12-15H2,(H,22,23). The largest absolute Gasteiger partial charge is 0.481 e. The molecule has 0 bridgehead atoms. The molecule has 5 heteroatoms. The first-order chi connectivity index (χ1) is 12.1.